The van der Waals surface area contributed by atoms with Gasteiger partial charge in [-0.1, -0.05) is 93.7 Å². The summed E-state index contributed by atoms with van der Waals surface area (Å²) in [5.41, 5.74) is -5.55. The summed E-state index contributed by atoms with van der Waals surface area (Å²) in [7, 11) is 0. The Bertz CT molecular complexity index is 4120. The highest BCUT2D eigenvalue weighted by Crippen LogP contribution is 2.76. The number of esters is 3. The first kappa shape index (κ1) is 112. The zero-order valence-corrected chi connectivity index (χ0v) is 80.5. The van der Waals surface area contributed by atoms with Crippen LogP contribution in [0.3, 0.4) is 0 Å². The van der Waals surface area contributed by atoms with Crippen LogP contribution in [0.4, 0.5) is 0 Å². The third-order valence-electron chi connectivity index (χ3n) is 33.5. The molecule has 8 heterocycles. The van der Waals surface area contributed by atoms with Crippen molar-refractivity contribution in [3.8, 4) is 0 Å². The predicted molar refractivity (Wildman–Crippen MR) is 463 cm³/mol. The average molecular weight is 2000 g/mol. The summed E-state index contributed by atoms with van der Waals surface area (Å²) in [6.45, 7) is 20.6. The van der Waals surface area contributed by atoms with E-state index in [2.05, 4.69) is 26.8 Å². The van der Waals surface area contributed by atoms with Crippen molar-refractivity contribution in [2.75, 3.05) is 26.4 Å². The second-order valence-electron chi connectivity index (χ2n) is 42.9. The van der Waals surface area contributed by atoms with Crippen molar-refractivity contribution in [3.63, 3.8) is 0 Å². The van der Waals surface area contributed by atoms with Crippen LogP contribution < -0.4 is 0 Å². The molecule has 0 aromatic carbocycles. The second-order valence-corrected chi connectivity index (χ2v) is 42.9. The number of hydrogen-bond donors (Lipinski definition) is 23. The molecule has 46 heteroatoms. The van der Waals surface area contributed by atoms with E-state index in [1.54, 1.807) is 27.7 Å². The van der Waals surface area contributed by atoms with Crippen molar-refractivity contribution in [1.82, 2.24) is 0 Å². The fourth-order valence-corrected chi connectivity index (χ4v) is 24.4. The molecular formula is C93H150O46. The maximum atomic E-state index is 16.4. The largest absolute Gasteiger partial charge is 0.479 e. The van der Waals surface area contributed by atoms with Crippen LogP contribution >= 0.6 is 0 Å². The zero-order valence-electron chi connectivity index (χ0n) is 80.5. The Labute approximate surface area is 804 Å². The van der Waals surface area contributed by atoms with Gasteiger partial charge in [0, 0.05) is 12.8 Å². The molecule has 139 heavy (non-hydrogen) atoms. The highest BCUT2D eigenvalue weighted by Gasteiger charge is 2.74. The van der Waals surface area contributed by atoms with E-state index >= 15 is 4.79 Å². The minimum absolute atomic E-state index is 0.0121. The van der Waals surface area contributed by atoms with Gasteiger partial charge in [-0.05, 0) is 130 Å². The molecule has 46 nitrogen and oxygen atoms in total. The van der Waals surface area contributed by atoms with Crippen LogP contribution in [0, 0.1) is 62.1 Å². The summed E-state index contributed by atoms with van der Waals surface area (Å²) in [5, 5.41) is 257. The lowest BCUT2D eigenvalue weighted by Gasteiger charge is -2.71. The monoisotopic (exact) mass is 2000 g/mol. The summed E-state index contributed by atoms with van der Waals surface area (Å²) < 4.78 is 109. The molecule has 53 unspecified atom stereocenters. The number of ether oxygens (including phenoxy) is 18. The Balaban J connectivity index is 0.750. The Morgan fingerprint density at radius 3 is 1.61 bits per heavy atom. The van der Waals surface area contributed by atoms with Crippen LogP contribution in [0.5, 0.6) is 0 Å². The van der Waals surface area contributed by atoms with Crippen LogP contribution in [-0.4, -0.2) is 438 Å². The molecule has 8 saturated heterocycles. The molecule has 12 fully saturated rings. The number of carboxylic acid groups (broad SMARTS) is 1. The molecule has 53 atom stereocenters. The number of carbonyl (C=O) groups is 5. The van der Waals surface area contributed by atoms with E-state index in [9.17, 15) is 137 Å². The van der Waals surface area contributed by atoms with Crippen LogP contribution in [-0.2, 0) is 109 Å². The number of aldehydes is 1. The fraction of sp³-hybridized carbons (Fsp3) is 0.925. The molecule has 0 aromatic rings. The molecule has 0 radical (unpaired) electrons. The lowest BCUT2D eigenvalue weighted by molar-refractivity contribution is -0.394. The minimum Gasteiger partial charge on any atom is -0.479 e. The maximum Gasteiger partial charge on any atom is 0.335 e. The van der Waals surface area contributed by atoms with Gasteiger partial charge in [-0.25, -0.2) is 4.79 Å². The number of carbonyl (C=O) groups excluding carboxylic acids is 4. The van der Waals surface area contributed by atoms with Crippen molar-refractivity contribution in [1.29, 1.82) is 0 Å². The number of aliphatic hydroxyl groups is 22. The molecule has 0 amide bonds. The molecule has 4 saturated carbocycles. The molecule has 13 aliphatic rings. The quantitative estimate of drug-likeness (QED) is 0.00941. The summed E-state index contributed by atoms with van der Waals surface area (Å²) in [5.74, 6) is -7.26. The van der Waals surface area contributed by atoms with Gasteiger partial charge in [0.25, 0.3) is 0 Å². The van der Waals surface area contributed by atoms with Gasteiger partial charge in [-0.2, -0.15) is 0 Å². The van der Waals surface area contributed by atoms with Crippen LogP contribution in [0.1, 0.15) is 186 Å². The van der Waals surface area contributed by atoms with Gasteiger partial charge in [-0.3, -0.25) is 14.4 Å². The van der Waals surface area contributed by atoms with E-state index in [1.165, 1.54) is 20.8 Å². The average Bonchev–Trinajstić information content (AvgIpc) is 0.997. The fourth-order valence-electron chi connectivity index (χ4n) is 24.4. The van der Waals surface area contributed by atoms with Crippen molar-refractivity contribution >= 4 is 30.2 Å². The number of hydrogen-bond acceptors (Lipinski definition) is 45. The Kier molecular flexibility index (Phi) is 36.0. The Morgan fingerprint density at radius 2 is 0.986 bits per heavy atom. The summed E-state index contributed by atoms with van der Waals surface area (Å²) in [4.78, 5) is 72.2. The molecule has 8 aliphatic heterocycles. The molecule has 23 N–H and O–H groups in total. The van der Waals surface area contributed by atoms with Gasteiger partial charge < -0.3 is 208 Å². The minimum atomic E-state index is -2.27. The topological polar surface area (TPSA) is 717 Å². The Morgan fingerprint density at radius 1 is 0.468 bits per heavy atom. The third-order valence-corrected chi connectivity index (χ3v) is 33.5. The first-order valence-electron chi connectivity index (χ1n) is 48.8. The van der Waals surface area contributed by atoms with Gasteiger partial charge in [0.2, 0.25) is 6.29 Å². The van der Waals surface area contributed by atoms with E-state index in [4.69, 9.17) is 85.3 Å². The lowest BCUT2D eigenvalue weighted by atomic mass is 9.33. The molecule has 0 aromatic heterocycles. The van der Waals surface area contributed by atoms with Gasteiger partial charge in [0.1, 0.15) is 158 Å². The standard InChI is InChI=1S/C93H150O46/c1-14-35(3)46(127-54(102)26-41(98)25-47(36(4)15-2)128-83-64(112)59(107)49(31-95)129-83)24-40(97)27-55(103)132-72-39(7)126-85(76(68(72)116)137-82-67(115)62(110)71(38(6)125-82)133-80-70(118)73(45(100)33-123-80)134-79-63(111)57(105)44(99)32-122-79)139-87(121)93-23-22-88(8,9)28-43(93)42-16-17-51-89(10)20-19-53(90(11,34-96)50(89)18-21-91(51,12)92(42,13)29-52(93)101)131-86-77(138-84-66(114)61(109)58(106)48(30-94)130-84)74(69(117)75(136-86)78(119)120)135-81-65(113)60(108)56(104)37(5)124-81/h16,34-41,43-53,56-77,79-86,94-95,97-101,104-118H,14-15,17-33H2,1-13H3,(H,119,120). The van der Waals surface area contributed by atoms with Crippen molar-refractivity contribution in [2.24, 2.45) is 62.1 Å². The zero-order chi connectivity index (χ0) is 102. The third kappa shape index (κ3) is 21.9. The van der Waals surface area contributed by atoms with Gasteiger partial charge in [0.15, 0.2) is 62.3 Å². The Hall–Kier alpha value is -4.19. The van der Waals surface area contributed by atoms with Crippen LogP contribution in [0.25, 0.3) is 0 Å². The molecule has 0 spiro atoms. The highest BCUT2D eigenvalue weighted by atomic mass is 16.8. The lowest BCUT2D eigenvalue weighted by Crippen LogP contribution is -2.69. The second kappa shape index (κ2) is 44.7. The summed E-state index contributed by atoms with van der Waals surface area (Å²) >= 11 is 0. The van der Waals surface area contributed by atoms with Crippen LogP contribution in [0.15, 0.2) is 11.6 Å². The normalized spacial score (nSPS) is 49.1. The SMILES string of the molecule is CCC(C)C(CC(O)CC(=O)OC1C(C)OC(OC(=O)C23CCC(C)(C)CC2C2=CCC4C5(C)CCC(OC6OC(C(=O)O)C(O)C(OC7OC(C)C(O)C(O)C7O)C6OC6OC(CO)C(O)C(O)C6O)C(C)(C=O)C5CCC4(C)C2(C)CC3O)C(OC2OC(C)C(OC3OCC(O)C(OC4OCC(O)C(O)C4O)C3O)C(O)C2O)C1O)OC(=O)CC(O)CC(OC1OC(CO)C(O)C1O)C(C)CC. The van der Waals surface area contributed by atoms with E-state index in [-0.39, 0.29) is 43.9 Å². The first-order chi connectivity index (χ1) is 65.2. The molecular weight excluding hydrogens is 1850 g/mol. The van der Waals surface area contributed by atoms with E-state index in [0.29, 0.717) is 51.4 Å². The van der Waals surface area contributed by atoms with Gasteiger partial charge >= 0.3 is 23.9 Å². The number of allylic oxidation sites excluding steroid dienone is 2. The molecule has 0 bridgehead atoms. The van der Waals surface area contributed by atoms with Crippen LogP contribution in [0.2, 0.25) is 0 Å². The molecule has 5 aliphatic carbocycles. The first-order valence-corrected chi connectivity index (χ1v) is 48.8. The number of rotatable bonds is 34. The van der Waals surface area contributed by atoms with E-state index < -0.39 is 377 Å². The van der Waals surface area contributed by atoms with E-state index in [1.807, 2.05) is 20.8 Å². The van der Waals surface area contributed by atoms with Crippen molar-refractivity contribution < 1.29 is 227 Å². The highest BCUT2D eigenvalue weighted by molar-refractivity contribution is 5.80. The number of aliphatic carboxylic acids is 1. The van der Waals surface area contributed by atoms with Gasteiger partial charge in [-0.15, -0.1) is 0 Å². The maximum absolute atomic E-state index is 16.4. The number of carboxylic acids is 1. The molecule has 798 valence electrons. The number of fused-ring (bicyclic) bond motifs is 7. The van der Waals surface area contributed by atoms with E-state index in [0.717, 1.165) is 11.9 Å². The van der Waals surface area contributed by atoms with Gasteiger partial charge in [0.05, 0.1) is 93.5 Å². The molecule has 13 rings (SSSR count). The predicted octanol–water partition coefficient (Wildman–Crippen LogP) is -5.30. The smallest absolute Gasteiger partial charge is 0.335 e. The number of aliphatic hydroxyl groups excluding tert-OH is 22. The summed E-state index contributed by atoms with van der Waals surface area (Å²) in [6.07, 6.45) is -71.2. The summed E-state index contributed by atoms with van der Waals surface area (Å²) in [6, 6.07) is 0. The van der Waals surface area contributed by atoms with Crippen molar-refractivity contribution in [2.45, 2.75) is 450 Å². The van der Waals surface area contributed by atoms with Crippen molar-refractivity contribution in [3.05, 3.63) is 11.6 Å².